The highest BCUT2D eigenvalue weighted by molar-refractivity contribution is 6.53. The van der Waals surface area contributed by atoms with Gasteiger partial charge in [0.15, 0.2) is 6.10 Å². The smallest absolute Gasteiger partial charge is 0.315 e. The van der Waals surface area contributed by atoms with E-state index in [1.807, 2.05) is 0 Å². The van der Waals surface area contributed by atoms with Gasteiger partial charge in [0.1, 0.15) is 9.75 Å². The van der Waals surface area contributed by atoms with Crippen molar-refractivity contribution < 1.29 is 14.3 Å². The van der Waals surface area contributed by atoms with E-state index in [0.717, 1.165) is 0 Å². The van der Waals surface area contributed by atoms with Crippen LogP contribution in [0.2, 0.25) is 10.0 Å². The fraction of sp³-hybridized carbons (Fsp3) is 0.429. The number of nitrogens with one attached hydrogen (secondary N) is 1. The Morgan fingerprint density at radius 2 is 1.91 bits per heavy atom. The third kappa shape index (κ3) is 3.46. The minimum atomic E-state index is -1.14. The van der Waals surface area contributed by atoms with Crippen molar-refractivity contribution in [1.82, 2.24) is 0 Å². The van der Waals surface area contributed by atoms with Crippen LogP contribution < -0.4 is 5.32 Å². The van der Waals surface area contributed by atoms with E-state index in [4.69, 9.17) is 51.1 Å². The van der Waals surface area contributed by atoms with Gasteiger partial charge < -0.3 is 10.1 Å². The summed E-state index contributed by atoms with van der Waals surface area (Å²) in [6.07, 6.45) is -0.736. The summed E-state index contributed by atoms with van der Waals surface area (Å²) >= 11 is 23.6. The van der Waals surface area contributed by atoms with Crippen molar-refractivity contribution in [2.75, 3.05) is 5.32 Å². The van der Waals surface area contributed by atoms with E-state index >= 15 is 0 Å². The maximum absolute atomic E-state index is 12.1. The van der Waals surface area contributed by atoms with Gasteiger partial charge in [-0.3, -0.25) is 9.59 Å². The van der Waals surface area contributed by atoms with E-state index in [0.29, 0.717) is 15.7 Å². The number of esters is 1. The number of amides is 1. The van der Waals surface area contributed by atoms with Crippen LogP contribution in [0.25, 0.3) is 0 Å². The highest BCUT2D eigenvalue weighted by Crippen LogP contribution is 2.64. The highest BCUT2D eigenvalue weighted by Gasteiger charge is 2.69. The van der Waals surface area contributed by atoms with Crippen molar-refractivity contribution in [3.05, 3.63) is 28.2 Å². The molecule has 0 bridgehead atoms. The fourth-order valence-corrected chi connectivity index (χ4v) is 2.82. The van der Waals surface area contributed by atoms with Crippen LogP contribution >= 0.6 is 46.4 Å². The summed E-state index contributed by atoms with van der Waals surface area (Å²) in [7, 11) is 0. The minimum Gasteiger partial charge on any atom is -0.452 e. The van der Waals surface area contributed by atoms with Crippen LogP contribution in [0.4, 0.5) is 5.69 Å². The van der Waals surface area contributed by atoms with Gasteiger partial charge in [0.2, 0.25) is 0 Å². The van der Waals surface area contributed by atoms with Crippen LogP contribution in [0.1, 0.15) is 20.3 Å². The molecule has 1 fully saturated rings. The first-order chi connectivity index (χ1) is 10.1. The van der Waals surface area contributed by atoms with Gasteiger partial charge in [-0.05, 0) is 32.0 Å². The van der Waals surface area contributed by atoms with Crippen molar-refractivity contribution in [3.63, 3.8) is 0 Å². The molecule has 120 valence electrons. The van der Waals surface area contributed by atoms with Crippen molar-refractivity contribution in [1.29, 1.82) is 0 Å². The molecule has 0 spiro atoms. The lowest BCUT2D eigenvalue weighted by Gasteiger charge is -2.17. The molecule has 1 aromatic carbocycles. The summed E-state index contributed by atoms with van der Waals surface area (Å²) in [5, 5.41) is 3.30. The largest absolute Gasteiger partial charge is 0.452 e. The number of carbonyl (C=O) groups is 2. The number of halogens is 4. The molecule has 1 saturated carbocycles. The molecule has 1 aromatic rings. The average Bonchev–Trinajstić information content (AvgIpc) is 2.94. The first-order valence-electron chi connectivity index (χ1n) is 6.42. The standard InChI is InChI=1S/C14H13Cl4NO3/c1-7(22-12(21)13(2)6-14(13,17)18)11(20)19-10-5-8(15)3-4-9(10)16/h3-5,7H,6H2,1-2H3,(H,19,20). The number of hydrogen-bond acceptors (Lipinski definition) is 3. The Balaban J connectivity index is 1.98. The van der Waals surface area contributed by atoms with Gasteiger partial charge in [0.25, 0.3) is 5.91 Å². The predicted octanol–water partition coefficient (Wildman–Crippen LogP) is 4.45. The van der Waals surface area contributed by atoms with E-state index in [2.05, 4.69) is 5.32 Å². The number of rotatable bonds is 4. The number of anilines is 1. The molecule has 0 saturated heterocycles. The monoisotopic (exact) mass is 383 g/mol. The van der Waals surface area contributed by atoms with Crippen molar-refractivity contribution in [2.45, 2.75) is 30.7 Å². The predicted molar refractivity (Wildman–Crippen MR) is 87.8 cm³/mol. The zero-order valence-electron chi connectivity index (χ0n) is 11.8. The second kappa shape index (κ2) is 6.08. The van der Waals surface area contributed by atoms with Crippen LogP contribution in [0, 0.1) is 5.41 Å². The molecule has 2 atom stereocenters. The molecule has 1 N–H and O–H groups in total. The lowest BCUT2D eigenvalue weighted by molar-refractivity contribution is -0.158. The quantitative estimate of drug-likeness (QED) is 0.616. The zero-order valence-corrected chi connectivity index (χ0v) is 14.8. The second-order valence-corrected chi connectivity index (χ2v) is 7.70. The topological polar surface area (TPSA) is 55.4 Å². The summed E-state index contributed by atoms with van der Waals surface area (Å²) in [6, 6.07) is 4.65. The number of hydrogen-bond donors (Lipinski definition) is 1. The molecule has 1 aliphatic carbocycles. The van der Waals surface area contributed by atoms with Gasteiger partial charge in [0.05, 0.1) is 10.7 Å². The molecule has 22 heavy (non-hydrogen) atoms. The van der Waals surface area contributed by atoms with Crippen LogP contribution in [0.5, 0.6) is 0 Å². The lowest BCUT2D eigenvalue weighted by Crippen LogP contribution is -2.33. The molecular weight excluding hydrogens is 372 g/mol. The fourth-order valence-electron chi connectivity index (χ4n) is 1.79. The Hall–Kier alpha value is -0.680. The number of ether oxygens (including phenoxy) is 1. The number of alkyl halides is 2. The summed E-state index contributed by atoms with van der Waals surface area (Å²) < 4.78 is 3.98. The third-order valence-electron chi connectivity index (χ3n) is 3.55. The van der Waals surface area contributed by atoms with Gasteiger partial charge >= 0.3 is 5.97 Å². The van der Waals surface area contributed by atoms with Crippen LogP contribution in [0.3, 0.4) is 0 Å². The van der Waals surface area contributed by atoms with E-state index in [-0.39, 0.29) is 6.42 Å². The Labute approximate surface area is 148 Å². The molecule has 0 radical (unpaired) electrons. The molecule has 8 heteroatoms. The van der Waals surface area contributed by atoms with Crippen molar-refractivity contribution in [2.24, 2.45) is 5.41 Å². The first-order valence-corrected chi connectivity index (χ1v) is 7.93. The van der Waals surface area contributed by atoms with Gasteiger partial charge in [-0.2, -0.15) is 0 Å². The normalized spacial score (nSPS) is 23.5. The Morgan fingerprint density at radius 3 is 2.45 bits per heavy atom. The molecule has 2 rings (SSSR count). The third-order valence-corrected chi connectivity index (χ3v) is 5.21. The zero-order chi connectivity index (χ0) is 16.7. The minimum absolute atomic E-state index is 0.288. The van der Waals surface area contributed by atoms with E-state index in [1.165, 1.54) is 13.0 Å². The molecule has 1 aliphatic rings. The Bertz CT molecular complexity index is 635. The van der Waals surface area contributed by atoms with E-state index in [1.54, 1.807) is 19.1 Å². The van der Waals surface area contributed by atoms with Gasteiger partial charge in [-0.15, -0.1) is 23.2 Å². The molecule has 0 heterocycles. The van der Waals surface area contributed by atoms with Gasteiger partial charge in [0, 0.05) is 11.4 Å². The highest BCUT2D eigenvalue weighted by atomic mass is 35.5. The molecule has 0 aliphatic heterocycles. The summed E-state index contributed by atoms with van der Waals surface area (Å²) in [5.74, 6) is -1.14. The summed E-state index contributed by atoms with van der Waals surface area (Å²) in [6.45, 7) is 3.04. The Kier molecular flexibility index (Phi) is 4.88. The maximum atomic E-state index is 12.1. The van der Waals surface area contributed by atoms with Crippen LogP contribution in [-0.2, 0) is 14.3 Å². The van der Waals surface area contributed by atoms with Gasteiger partial charge in [-0.25, -0.2) is 0 Å². The Morgan fingerprint density at radius 1 is 1.32 bits per heavy atom. The molecule has 2 unspecified atom stereocenters. The maximum Gasteiger partial charge on any atom is 0.315 e. The number of benzene rings is 1. The molecule has 1 amide bonds. The lowest BCUT2D eigenvalue weighted by atomic mass is 10.1. The van der Waals surface area contributed by atoms with Gasteiger partial charge in [-0.1, -0.05) is 23.2 Å². The molecule has 0 aromatic heterocycles. The summed E-state index contributed by atoms with van der Waals surface area (Å²) in [4.78, 5) is 24.1. The summed E-state index contributed by atoms with van der Waals surface area (Å²) in [5.41, 5.74) is -0.651. The van der Waals surface area contributed by atoms with Crippen molar-refractivity contribution in [3.8, 4) is 0 Å². The molecule has 4 nitrogen and oxygen atoms in total. The number of carbonyl (C=O) groups excluding carboxylic acids is 2. The van der Waals surface area contributed by atoms with Crippen LogP contribution in [0.15, 0.2) is 18.2 Å². The van der Waals surface area contributed by atoms with E-state index < -0.39 is 27.7 Å². The second-order valence-electron chi connectivity index (χ2n) is 5.37. The van der Waals surface area contributed by atoms with E-state index in [9.17, 15) is 9.59 Å². The van der Waals surface area contributed by atoms with Crippen molar-refractivity contribution >= 4 is 64.0 Å². The first kappa shape index (κ1) is 17.7. The average molecular weight is 385 g/mol. The molecular formula is C14H13Cl4NO3. The van der Waals surface area contributed by atoms with Crippen LogP contribution in [-0.4, -0.2) is 22.3 Å². The SMILES string of the molecule is CC(OC(=O)C1(C)CC1(Cl)Cl)C(=O)Nc1cc(Cl)ccc1Cl.